The number of anilines is 1. The predicted molar refractivity (Wildman–Crippen MR) is 107 cm³/mol. The lowest BCUT2D eigenvalue weighted by molar-refractivity contribution is -0.384. The van der Waals surface area contributed by atoms with E-state index < -0.39 is 16.6 Å². The molecule has 0 aliphatic carbocycles. The molecular formula is C18H16N4O6S. The van der Waals surface area contributed by atoms with Crippen LogP contribution in [-0.4, -0.2) is 39.6 Å². The third kappa shape index (κ3) is 4.63. The molecule has 3 aromatic rings. The molecule has 0 spiro atoms. The standard InChI is InChI=1S/C18H16N4O6S/c1-20(2)18(25)29-13-6-3-11(4-7-13)19-16(23)10-21-14-8-5-12(22(26)27)9-15(14)28-17(21)24/h3-9H,10H2,1-2H3,(H,19,23). The zero-order valence-electron chi connectivity index (χ0n) is 15.4. The Kier molecular flexibility index (Phi) is 5.69. The van der Waals surface area contributed by atoms with E-state index in [0.717, 1.165) is 27.3 Å². The minimum absolute atomic E-state index is 0.0314. The van der Waals surface area contributed by atoms with Crippen LogP contribution in [0.25, 0.3) is 11.1 Å². The second-order valence-corrected chi connectivity index (χ2v) is 7.22. The van der Waals surface area contributed by atoms with Crippen LogP contribution in [0.2, 0.25) is 0 Å². The van der Waals surface area contributed by atoms with Crippen molar-refractivity contribution in [3.63, 3.8) is 0 Å². The molecule has 0 aliphatic heterocycles. The molecular weight excluding hydrogens is 400 g/mol. The molecule has 0 unspecified atom stereocenters. The van der Waals surface area contributed by atoms with Crippen molar-refractivity contribution in [3.8, 4) is 0 Å². The number of carbonyl (C=O) groups is 2. The van der Waals surface area contributed by atoms with Crippen molar-refractivity contribution in [1.82, 2.24) is 9.47 Å². The molecule has 0 saturated carbocycles. The molecule has 0 bridgehead atoms. The molecule has 10 nitrogen and oxygen atoms in total. The number of carbonyl (C=O) groups excluding carboxylic acids is 2. The number of amides is 2. The number of thioether (sulfide) groups is 1. The van der Waals surface area contributed by atoms with Crippen LogP contribution in [0.3, 0.4) is 0 Å². The average molecular weight is 416 g/mol. The molecule has 0 saturated heterocycles. The summed E-state index contributed by atoms with van der Waals surface area (Å²) in [6.45, 7) is -0.320. The molecule has 3 rings (SSSR count). The Morgan fingerprint density at radius 2 is 1.90 bits per heavy atom. The third-order valence-electron chi connectivity index (χ3n) is 3.87. The number of oxazole rings is 1. The molecule has 0 atom stereocenters. The third-order valence-corrected chi connectivity index (χ3v) is 4.92. The maximum absolute atomic E-state index is 12.3. The number of aromatic nitrogens is 1. The molecule has 1 aromatic heterocycles. The molecule has 150 valence electrons. The van der Waals surface area contributed by atoms with Crippen LogP contribution in [-0.2, 0) is 11.3 Å². The van der Waals surface area contributed by atoms with Crippen LogP contribution >= 0.6 is 11.8 Å². The van der Waals surface area contributed by atoms with Crippen LogP contribution in [0.1, 0.15) is 0 Å². The Morgan fingerprint density at radius 3 is 2.52 bits per heavy atom. The lowest BCUT2D eigenvalue weighted by Crippen LogP contribution is -2.24. The summed E-state index contributed by atoms with van der Waals surface area (Å²) in [5.41, 5.74) is 0.593. The van der Waals surface area contributed by atoms with E-state index in [2.05, 4.69) is 5.32 Å². The lowest BCUT2D eigenvalue weighted by Gasteiger charge is -2.10. The minimum atomic E-state index is -0.787. The van der Waals surface area contributed by atoms with E-state index in [-0.39, 0.29) is 28.6 Å². The average Bonchev–Trinajstić information content (AvgIpc) is 2.97. The van der Waals surface area contributed by atoms with E-state index in [1.807, 2.05) is 0 Å². The summed E-state index contributed by atoms with van der Waals surface area (Å²) in [7, 11) is 3.31. The van der Waals surface area contributed by atoms with Crippen molar-refractivity contribution < 1.29 is 18.9 Å². The van der Waals surface area contributed by atoms with Gasteiger partial charge in [-0.05, 0) is 42.1 Å². The molecule has 0 aliphatic rings. The minimum Gasteiger partial charge on any atom is -0.407 e. The zero-order valence-corrected chi connectivity index (χ0v) is 16.3. The fraction of sp³-hybridized carbons (Fsp3) is 0.167. The fourth-order valence-electron chi connectivity index (χ4n) is 2.46. The first kappa shape index (κ1) is 20.1. The Bertz CT molecular complexity index is 1150. The molecule has 0 radical (unpaired) electrons. The number of hydrogen-bond donors (Lipinski definition) is 1. The summed E-state index contributed by atoms with van der Waals surface area (Å²) in [6.07, 6.45) is 0. The second kappa shape index (κ2) is 8.19. The number of hydrogen-bond acceptors (Lipinski definition) is 7. The summed E-state index contributed by atoms with van der Waals surface area (Å²) in [4.78, 5) is 48.4. The van der Waals surface area contributed by atoms with Gasteiger partial charge < -0.3 is 14.6 Å². The van der Waals surface area contributed by atoms with Gasteiger partial charge in [-0.3, -0.25) is 24.3 Å². The van der Waals surface area contributed by atoms with Gasteiger partial charge in [0.25, 0.3) is 10.9 Å². The largest absolute Gasteiger partial charge is 0.420 e. The number of nitrogens with one attached hydrogen (secondary N) is 1. The first-order chi connectivity index (χ1) is 13.7. The number of nitro groups is 1. The van der Waals surface area contributed by atoms with Gasteiger partial charge in [0.05, 0.1) is 16.5 Å². The smallest absolute Gasteiger partial charge is 0.407 e. The van der Waals surface area contributed by atoms with E-state index in [1.54, 1.807) is 38.4 Å². The monoisotopic (exact) mass is 416 g/mol. The maximum atomic E-state index is 12.3. The summed E-state index contributed by atoms with van der Waals surface area (Å²) in [5, 5.41) is 13.4. The van der Waals surface area contributed by atoms with E-state index >= 15 is 0 Å². The molecule has 2 amide bonds. The summed E-state index contributed by atoms with van der Waals surface area (Å²) >= 11 is 1.06. The van der Waals surface area contributed by atoms with E-state index in [0.29, 0.717) is 5.69 Å². The van der Waals surface area contributed by atoms with Gasteiger partial charge in [-0.15, -0.1) is 0 Å². The van der Waals surface area contributed by atoms with Crippen molar-refractivity contribution in [2.24, 2.45) is 0 Å². The Hall–Kier alpha value is -3.60. The summed E-state index contributed by atoms with van der Waals surface area (Å²) in [5.74, 6) is -1.26. The highest BCUT2D eigenvalue weighted by molar-refractivity contribution is 8.13. The fourth-order valence-corrected chi connectivity index (χ4v) is 3.12. The number of benzene rings is 2. The maximum Gasteiger partial charge on any atom is 0.420 e. The molecule has 1 heterocycles. The number of rotatable bonds is 5. The highest BCUT2D eigenvalue weighted by atomic mass is 32.2. The predicted octanol–water partition coefficient (Wildman–Crippen LogP) is 2.92. The number of nitro benzene ring substituents is 1. The quantitative estimate of drug-likeness (QED) is 0.385. The van der Waals surface area contributed by atoms with Crippen LogP contribution in [0.5, 0.6) is 0 Å². The lowest BCUT2D eigenvalue weighted by atomic mass is 10.3. The molecule has 0 fully saturated rings. The first-order valence-corrected chi connectivity index (χ1v) is 9.13. The van der Waals surface area contributed by atoms with Gasteiger partial charge in [-0.25, -0.2) is 4.79 Å². The van der Waals surface area contributed by atoms with Gasteiger partial charge in [0.2, 0.25) is 5.91 Å². The van der Waals surface area contributed by atoms with Crippen molar-refractivity contribution in [2.45, 2.75) is 11.4 Å². The van der Waals surface area contributed by atoms with Crippen LogP contribution in [0.4, 0.5) is 16.2 Å². The molecule has 1 N–H and O–H groups in total. The normalized spacial score (nSPS) is 10.7. The molecule has 29 heavy (non-hydrogen) atoms. The van der Waals surface area contributed by atoms with Gasteiger partial charge in [0.15, 0.2) is 5.58 Å². The van der Waals surface area contributed by atoms with Gasteiger partial charge in [-0.1, -0.05) is 0 Å². The SMILES string of the molecule is CN(C)C(=O)Sc1ccc(NC(=O)Cn2c(=O)oc3cc([N+](=O)[O-])ccc32)cc1. The van der Waals surface area contributed by atoms with Crippen LogP contribution < -0.4 is 11.1 Å². The Balaban J connectivity index is 1.71. The van der Waals surface area contributed by atoms with Gasteiger partial charge in [0.1, 0.15) is 6.54 Å². The van der Waals surface area contributed by atoms with E-state index in [1.165, 1.54) is 17.0 Å². The van der Waals surface area contributed by atoms with E-state index in [9.17, 15) is 24.5 Å². The second-order valence-electron chi connectivity index (χ2n) is 6.20. The topological polar surface area (TPSA) is 128 Å². The number of fused-ring (bicyclic) bond motifs is 1. The highest BCUT2D eigenvalue weighted by Crippen LogP contribution is 2.23. The summed E-state index contributed by atoms with van der Waals surface area (Å²) in [6, 6.07) is 10.4. The van der Waals surface area contributed by atoms with Crippen molar-refractivity contribution in [3.05, 3.63) is 63.1 Å². The van der Waals surface area contributed by atoms with Crippen molar-refractivity contribution in [1.29, 1.82) is 0 Å². The van der Waals surface area contributed by atoms with E-state index in [4.69, 9.17) is 4.42 Å². The Labute approximate surface area is 168 Å². The zero-order chi connectivity index (χ0) is 21.1. The molecule has 11 heteroatoms. The molecule has 2 aromatic carbocycles. The number of nitrogens with zero attached hydrogens (tertiary/aromatic N) is 3. The summed E-state index contributed by atoms with van der Waals surface area (Å²) < 4.78 is 6.09. The Morgan fingerprint density at radius 1 is 1.21 bits per heavy atom. The van der Waals surface area contributed by atoms with Crippen molar-refractivity contribution in [2.75, 3.05) is 19.4 Å². The van der Waals surface area contributed by atoms with Crippen molar-refractivity contribution >= 4 is 45.4 Å². The van der Waals surface area contributed by atoms with Gasteiger partial charge >= 0.3 is 5.76 Å². The van der Waals surface area contributed by atoms with Crippen LogP contribution in [0.15, 0.2) is 56.6 Å². The first-order valence-electron chi connectivity index (χ1n) is 8.31. The van der Waals surface area contributed by atoms with Gasteiger partial charge in [-0.2, -0.15) is 0 Å². The van der Waals surface area contributed by atoms with Crippen LogP contribution in [0, 0.1) is 10.1 Å². The van der Waals surface area contributed by atoms with Gasteiger partial charge in [0, 0.05) is 30.7 Å². The number of non-ortho nitro benzene ring substituents is 1. The highest BCUT2D eigenvalue weighted by Gasteiger charge is 2.16.